The van der Waals surface area contributed by atoms with Gasteiger partial charge in [-0.3, -0.25) is 4.79 Å². The number of hydrogen-bond acceptors (Lipinski definition) is 5. The zero-order chi connectivity index (χ0) is 21.8. The zero-order valence-corrected chi connectivity index (χ0v) is 18.5. The van der Waals surface area contributed by atoms with Crippen LogP contribution in [0, 0.1) is 5.92 Å². The molecule has 2 aliphatic rings. The molecular weight excluding hydrogens is 414 g/mol. The number of hydrogen-bond donors (Lipinski definition) is 0. The summed E-state index contributed by atoms with van der Waals surface area (Å²) in [5, 5.41) is 0.0159. The van der Waals surface area contributed by atoms with E-state index in [1.807, 2.05) is 23.1 Å². The van der Waals surface area contributed by atoms with Crippen molar-refractivity contribution in [3.05, 3.63) is 60.4 Å². The van der Waals surface area contributed by atoms with Crippen molar-refractivity contribution < 1.29 is 17.9 Å². The van der Waals surface area contributed by atoms with Gasteiger partial charge >= 0.3 is 0 Å². The van der Waals surface area contributed by atoms with Crippen LogP contribution in [0.4, 0.5) is 0 Å². The third-order valence-electron chi connectivity index (χ3n) is 5.73. The SMILES string of the molecule is C=CCn1c(CN(C[C@H]2CCCO2)C(=O)C2CC2)cnc1S(=O)(=O)Cc1ccccc1. The van der Waals surface area contributed by atoms with E-state index >= 15 is 0 Å². The van der Waals surface area contributed by atoms with Gasteiger partial charge in [-0.2, -0.15) is 0 Å². The van der Waals surface area contributed by atoms with Gasteiger partial charge < -0.3 is 14.2 Å². The second kappa shape index (κ2) is 9.36. The van der Waals surface area contributed by atoms with Crippen LogP contribution in [0.25, 0.3) is 0 Å². The van der Waals surface area contributed by atoms with Crippen molar-refractivity contribution in [3.8, 4) is 0 Å². The van der Waals surface area contributed by atoms with Crippen LogP contribution >= 0.6 is 0 Å². The first kappa shape index (κ1) is 21.8. The van der Waals surface area contributed by atoms with E-state index in [1.54, 1.807) is 29.0 Å². The summed E-state index contributed by atoms with van der Waals surface area (Å²) in [5.41, 5.74) is 1.40. The number of imidazole rings is 1. The lowest BCUT2D eigenvalue weighted by molar-refractivity contribution is -0.134. The number of amides is 1. The monoisotopic (exact) mass is 443 g/mol. The van der Waals surface area contributed by atoms with Gasteiger partial charge in [0.15, 0.2) is 0 Å². The van der Waals surface area contributed by atoms with Crippen molar-refractivity contribution in [2.75, 3.05) is 13.2 Å². The first-order valence-corrected chi connectivity index (χ1v) is 12.5. The standard InChI is InChI=1S/C23H29N3O4S/c1-2-12-26-20(14-24-23(26)31(28,29)17-18-7-4-3-5-8-18)15-25(22(27)19-10-11-19)16-21-9-6-13-30-21/h2-5,7-8,14,19,21H,1,6,9-13,15-17H2/t21-/m1/s1. The van der Waals surface area contributed by atoms with Gasteiger partial charge in [0.05, 0.1) is 30.3 Å². The van der Waals surface area contributed by atoms with Crippen molar-refractivity contribution in [2.45, 2.75) is 55.8 Å². The highest BCUT2D eigenvalue weighted by molar-refractivity contribution is 7.90. The average molecular weight is 444 g/mol. The lowest BCUT2D eigenvalue weighted by atomic mass is 10.2. The molecule has 1 saturated heterocycles. The summed E-state index contributed by atoms with van der Waals surface area (Å²) in [6.45, 7) is 5.66. The van der Waals surface area contributed by atoms with Crippen LogP contribution in [0.3, 0.4) is 0 Å². The van der Waals surface area contributed by atoms with Crippen LogP contribution in [0.5, 0.6) is 0 Å². The van der Waals surface area contributed by atoms with Gasteiger partial charge in [-0.15, -0.1) is 6.58 Å². The fourth-order valence-corrected chi connectivity index (χ4v) is 5.50. The molecule has 1 aromatic heterocycles. The topological polar surface area (TPSA) is 81.5 Å². The second-order valence-electron chi connectivity index (χ2n) is 8.30. The molecule has 0 unspecified atom stereocenters. The molecule has 1 atom stereocenters. The van der Waals surface area contributed by atoms with E-state index in [0.717, 1.165) is 32.3 Å². The van der Waals surface area contributed by atoms with Gasteiger partial charge in [0.1, 0.15) is 0 Å². The van der Waals surface area contributed by atoms with E-state index in [-0.39, 0.29) is 28.8 Å². The quantitative estimate of drug-likeness (QED) is 0.528. The summed E-state index contributed by atoms with van der Waals surface area (Å²) in [6, 6.07) is 9.07. The van der Waals surface area contributed by atoms with Crippen molar-refractivity contribution in [1.82, 2.24) is 14.5 Å². The third kappa shape index (κ3) is 5.25. The number of ether oxygens (including phenoxy) is 1. The summed E-state index contributed by atoms with van der Waals surface area (Å²) in [6.07, 6.45) is 7.06. The van der Waals surface area contributed by atoms with E-state index in [0.29, 0.717) is 30.9 Å². The second-order valence-corrected chi connectivity index (χ2v) is 10.2. The van der Waals surface area contributed by atoms with Crippen LogP contribution in [-0.4, -0.2) is 48.0 Å². The number of nitrogens with zero attached hydrogens (tertiary/aromatic N) is 3. The Hall–Kier alpha value is -2.45. The first-order chi connectivity index (χ1) is 15.0. The fraction of sp³-hybridized carbons (Fsp3) is 0.478. The Morgan fingerprint density at radius 1 is 1.26 bits per heavy atom. The molecule has 0 N–H and O–H groups in total. The molecule has 7 nitrogen and oxygen atoms in total. The Balaban J connectivity index is 1.59. The lowest BCUT2D eigenvalue weighted by Gasteiger charge is -2.26. The van der Waals surface area contributed by atoms with E-state index in [1.165, 1.54) is 0 Å². The Kier molecular flexibility index (Phi) is 6.57. The summed E-state index contributed by atoms with van der Waals surface area (Å²) >= 11 is 0. The van der Waals surface area contributed by atoms with Gasteiger partial charge in [0.2, 0.25) is 20.9 Å². The molecule has 166 valence electrons. The van der Waals surface area contributed by atoms with Gasteiger partial charge in [0.25, 0.3) is 0 Å². The highest BCUT2D eigenvalue weighted by atomic mass is 32.2. The predicted molar refractivity (Wildman–Crippen MR) is 117 cm³/mol. The molecule has 1 aromatic carbocycles. The van der Waals surface area contributed by atoms with Crippen LogP contribution in [-0.2, 0) is 38.2 Å². The summed E-state index contributed by atoms with van der Waals surface area (Å²) in [7, 11) is -3.65. The zero-order valence-electron chi connectivity index (χ0n) is 17.7. The minimum atomic E-state index is -3.65. The Bertz CT molecular complexity index is 1020. The predicted octanol–water partition coefficient (Wildman–Crippen LogP) is 2.96. The molecule has 2 heterocycles. The molecule has 1 aliphatic carbocycles. The summed E-state index contributed by atoms with van der Waals surface area (Å²) in [5.74, 6) is 0.0798. The fourth-order valence-electron chi connectivity index (χ4n) is 4.00. The van der Waals surface area contributed by atoms with Crippen LogP contribution in [0.2, 0.25) is 0 Å². The molecular formula is C23H29N3O4S. The van der Waals surface area contributed by atoms with E-state index in [2.05, 4.69) is 11.6 Å². The average Bonchev–Trinajstić information content (AvgIpc) is 3.33. The maximum absolute atomic E-state index is 13.1. The van der Waals surface area contributed by atoms with Gasteiger partial charge in [-0.1, -0.05) is 36.4 Å². The number of carbonyl (C=O) groups excluding carboxylic acids is 1. The maximum atomic E-state index is 13.1. The number of aromatic nitrogens is 2. The Morgan fingerprint density at radius 3 is 2.68 bits per heavy atom. The normalized spacial score (nSPS) is 18.8. The van der Waals surface area contributed by atoms with Gasteiger partial charge in [-0.05, 0) is 31.2 Å². The number of allylic oxidation sites excluding steroid dienone is 1. The smallest absolute Gasteiger partial charge is 0.228 e. The molecule has 2 aromatic rings. The number of carbonyl (C=O) groups is 1. The molecule has 1 aliphatic heterocycles. The molecule has 0 spiro atoms. The highest BCUT2D eigenvalue weighted by Gasteiger charge is 2.35. The summed E-state index contributed by atoms with van der Waals surface area (Å²) in [4.78, 5) is 19.0. The molecule has 8 heteroatoms. The van der Waals surface area contributed by atoms with Crippen molar-refractivity contribution in [1.29, 1.82) is 0 Å². The van der Waals surface area contributed by atoms with E-state index in [4.69, 9.17) is 4.74 Å². The molecule has 0 bridgehead atoms. The van der Waals surface area contributed by atoms with Crippen LogP contribution in [0.1, 0.15) is 36.9 Å². The minimum absolute atomic E-state index is 0.0159. The molecule has 0 radical (unpaired) electrons. The summed E-state index contributed by atoms with van der Waals surface area (Å²) < 4.78 is 33.6. The maximum Gasteiger partial charge on any atom is 0.228 e. The van der Waals surface area contributed by atoms with Crippen molar-refractivity contribution in [2.24, 2.45) is 5.92 Å². The Morgan fingerprint density at radius 2 is 2.03 bits per heavy atom. The number of sulfone groups is 1. The van der Waals surface area contributed by atoms with E-state index < -0.39 is 9.84 Å². The van der Waals surface area contributed by atoms with Crippen LogP contribution in [0.15, 0.2) is 54.3 Å². The minimum Gasteiger partial charge on any atom is -0.376 e. The molecule has 31 heavy (non-hydrogen) atoms. The largest absolute Gasteiger partial charge is 0.376 e. The van der Waals surface area contributed by atoms with Gasteiger partial charge in [-0.25, -0.2) is 13.4 Å². The number of benzene rings is 1. The van der Waals surface area contributed by atoms with Crippen molar-refractivity contribution in [3.63, 3.8) is 0 Å². The molecule has 1 amide bonds. The van der Waals surface area contributed by atoms with E-state index in [9.17, 15) is 13.2 Å². The van der Waals surface area contributed by atoms with Gasteiger partial charge in [0, 0.05) is 25.6 Å². The van der Waals surface area contributed by atoms with Crippen LogP contribution < -0.4 is 0 Å². The number of rotatable bonds is 10. The molecule has 2 fully saturated rings. The molecule has 4 rings (SSSR count). The Labute approximate surface area is 183 Å². The molecule has 1 saturated carbocycles. The van der Waals surface area contributed by atoms with Crippen molar-refractivity contribution >= 4 is 15.7 Å². The third-order valence-corrected chi connectivity index (χ3v) is 7.33. The lowest BCUT2D eigenvalue weighted by Crippen LogP contribution is -2.38. The highest BCUT2D eigenvalue weighted by Crippen LogP contribution is 2.32. The first-order valence-electron chi connectivity index (χ1n) is 10.8.